The second kappa shape index (κ2) is 10.3. The first-order valence-corrected chi connectivity index (χ1v) is 12.1. The number of carbonyl (C=O) groups is 2. The van der Waals surface area contributed by atoms with E-state index in [2.05, 4.69) is 15.3 Å². The van der Waals surface area contributed by atoms with E-state index in [0.717, 1.165) is 0 Å². The van der Waals surface area contributed by atoms with Crippen LogP contribution in [0.2, 0.25) is 0 Å². The molecule has 0 spiro atoms. The van der Waals surface area contributed by atoms with Gasteiger partial charge in [-0.1, -0.05) is 6.07 Å². The molecule has 0 radical (unpaired) electrons. The molecular weight excluding hydrogens is 448 g/mol. The predicted octanol–water partition coefficient (Wildman–Crippen LogP) is -0.106. The van der Waals surface area contributed by atoms with E-state index in [4.69, 9.17) is 4.74 Å². The Kier molecular flexibility index (Phi) is 7.28. The van der Waals surface area contributed by atoms with E-state index in [1.54, 1.807) is 17.0 Å². The lowest BCUT2D eigenvalue weighted by atomic mass is 10.2. The number of amides is 2. The van der Waals surface area contributed by atoms with Gasteiger partial charge in [-0.2, -0.15) is 4.31 Å². The number of anilines is 1. The maximum atomic E-state index is 12.8. The van der Waals surface area contributed by atoms with Gasteiger partial charge in [-0.15, -0.1) is 0 Å². The molecule has 12 heteroatoms. The Bertz CT molecular complexity index is 1080. The van der Waals surface area contributed by atoms with Crippen molar-refractivity contribution in [3.05, 3.63) is 48.5 Å². The van der Waals surface area contributed by atoms with Gasteiger partial charge in [0.2, 0.25) is 15.9 Å². The summed E-state index contributed by atoms with van der Waals surface area (Å²) in [6.07, 6.45) is 4.44. The first-order chi connectivity index (χ1) is 15.9. The number of ether oxygens (including phenoxy) is 1. The van der Waals surface area contributed by atoms with Gasteiger partial charge in [-0.05, 0) is 18.2 Å². The Morgan fingerprint density at radius 1 is 1.03 bits per heavy atom. The van der Waals surface area contributed by atoms with Gasteiger partial charge >= 0.3 is 0 Å². The molecule has 1 aromatic carbocycles. The third-order valence-electron chi connectivity index (χ3n) is 5.53. The molecule has 176 valence electrons. The molecule has 4 rings (SSSR count). The molecule has 2 saturated heterocycles. The maximum absolute atomic E-state index is 12.8. The van der Waals surface area contributed by atoms with E-state index in [9.17, 15) is 18.0 Å². The summed E-state index contributed by atoms with van der Waals surface area (Å²) in [6.45, 7) is 3.56. The van der Waals surface area contributed by atoms with Crippen LogP contribution < -0.4 is 5.32 Å². The lowest BCUT2D eigenvalue weighted by molar-refractivity contribution is -0.117. The van der Waals surface area contributed by atoms with E-state index in [-0.39, 0.29) is 23.3 Å². The molecule has 2 aliphatic rings. The van der Waals surface area contributed by atoms with E-state index < -0.39 is 10.0 Å². The van der Waals surface area contributed by atoms with Crippen LogP contribution in [-0.4, -0.2) is 103 Å². The van der Waals surface area contributed by atoms with E-state index in [0.29, 0.717) is 63.9 Å². The fourth-order valence-corrected chi connectivity index (χ4v) is 5.21. The highest BCUT2D eigenvalue weighted by atomic mass is 32.2. The molecule has 2 fully saturated rings. The number of carbonyl (C=O) groups excluding carboxylic acids is 2. The molecule has 0 unspecified atom stereocenters. The normalized spacial score (nSPS) is 18.1. The van der Waals surface area contributed by atoms with Crippen molar-refractivity contribution >= 4 is 27.5 Å². The van der Waals surface area contributed by atoms with Gasteiger partial charge in [0.25, 0.3) is 5.91 Å². The predicted molar refractivity (Wildman–Crippen MR) is 119 cm³/mol. The second-order valence-corrected chi connectivity index (χ2v) is 9.69. The van der Waals surface area contributed by atoms with Gasteiger partial charge in [0.1, 0.15) is 5.69 Å². The highest BCUT2D eigenvalue weighted by Gasteiger charge is 2.27. The number of morpholine rings is 1. The summed E-state index contributed by atoms with van der Waals surface area (Å²) in [6, 6.07) is 6.27. The summed E-state index contributed by atoms with van der Waals surface area (Å²) in [5.74, 6) is -0.421. The monoisotopic (exact) mass is 474 g/mol. The number of piperazine rings is 1. The first kappa shape index (κ1) is 23.2. The Morgan fingerprint density at radius 2 is 1.79 bits per heavy atom. The highest BCUT2D eigenvalue weighted by Crippen LogP contribution is 2.20. The number of nitrogens with one attached hydrogen (secondary N) is 1. The fourth-order valence-electron chi connectivity index (χ4n) is 3.75. The second-order valence-electron chi connectivity index (χ2n) is 7.75. The molecule has 2 aromatic rings. The Morgan fingerprint density at radius 3 is 2.48 bits per heavy atom. The van der Waals surface area contributed by atoms with Crippen molar-refractivity contribution < 1.29 is 22.7 Å². The molecule has 3 heterocycles. The molecule has 1 aromatic heterocycles. The number of benzene rings is 1. The zero-order chi connectivity index (χ0) is 23.3. The van der Waals surface area contributed by atoms with Gasteiger partial charge in [0.15, 0.2) is 0 Å². The van der Waals surface area contributed by atoms with Crippen LogP contribution in [0.4, 0.5) is 5.69 Å². The molecule has 11 nitrogen and oxygen atoms in total. The standard InChI is InChI=1S/C21H26N6O5S/c28-20(16-25-6-8-26(9-7-25)21(29)19-15-22-4-5-23-19)24-17-2-1-3-18(14-17)33(30,31)27-10-12-32-13-11-27/h1-5,14-15H,6-13,16H2,(H,24,28). The van der Waals surface area contributed by atoms with Crippen LogP contribution in [0.15, 0.2) is 47.8 Å². The zero-order valence-electron chi connectivity index (χ0n) is 18.1. The van der Waals surface area contributed by atoms with Crippen molar-refractivity contribution in [2.45, 2.75) is 4.90 Å². The van der Waals surface area contributed by atoms with Crippen LogP contribution in [0.1, 0.15) is 10.5 Å². The minimum atomic E-state index is -3.64. The average Bonchev–Trinajstić information content (AvgIpc) is 2.85. The Hall–Kier alpha value is -2.93. The minimum absolute atomic E-state index is 0.137. The smallest absolute Gasteiger partial charge is 0.274 e. The summed E-state index contributed by atoms with van der Waals surface area (Å²) < 4.78 is 32.3. The molecular formula is C21H26N6O5S. The van der Waals surface area contributed by atoms with E-state index in [1.165, 1.54) is 35.0 Å². The molecule has 0 saturated carbocycles. The van der Waals surface area contributed by atoms with Crippen LogP contribution in [0.5, 0.6) is 0 Å². The third-order valence-corrected chi connectivity index (χ3v) is 7.43. The van der Waals surface area contributed by atoms with Gasteiger partial charge < -0.3 is 15.0 Å². The quantitative estimate of drug-likeness (QED) is 0.615. The van der Waals surface area contributed by atoms with Crippen molar-refractivity contribution in [3.8, 4) is 0 Å². The summed E-state index contributed by atoms with van der Waals surface area (Å²) in [5, 5.41) is 2.78. The van der Waals surface area contributed by atoms with Crippen LogP contribution in [0.3, 0.4) is 0 Å². The largest absolute Gasteiger partial charge is 0.379 e. The molecule has 2 amide bonds. The van der Waals surface area contributed by atoms with Crippen molar-refractivity contribution in [1.29, 1.82) is 0 Å². The summed E-state index contributed by atoms with van der Waals surface area (Å²) in [4.78, 5) is 36.8. The van der Waals surface area contributed by atoms with E-state index >= 15 is 0 Å². The van der Waals surface area contributed by atoms with Crippen LogP contribution in [0, 0.1) is 0 Å². The SMILES string of the molecule is O=C(CN1CCN(C(=O)c2cnccn2)CC1)Nc1cccc(S(=O)(=O)N2CCOCC2)c1. The maximum Gasteiger partial charge on any atom is 0.274 e. The Balaban J connectivity index is 1.30. The van der Waals surface area contributed by atoms with Crippen molar-refractivity contribution in [3.63, 3.8) is 0 Å². The van der Waals surface area contributed by atoms with Crippen molar-refractivity contribution in [2.24, 2.45) is 0 Å². The number of hydrogen-bond acceptors (Lipinski definition) is 8. The third kappa shape index (κ3) is 5.71. The molecule has 0 atom stereocenters. The number of nitrogens with zero attached hydrogens (tertiary/aromatic N) is 5. The van der Waals surface area contributed by atoms with Gasteiger partial charge in [0.05, 0.1) is 30.9 Å². The molecule has 1 N–H and O–H groups in total. The van der Waals surface area contributed by atoms with Crippen LogP contribution in [-0.2, 0) is 19.6 Å². The van der Waals surface area contributed by atoms with Crippen molar-refractivity contribution in [1.82, 2.24) is 24.1 Å². The lowest BCUT2D eigenvalue weighted by Crippen LogP contribution is -2.50. The molecule has 33 heavy (non-hydrogen) atoms. The van der Waals surface area contributed by atoms with Gasteiger partial charge in [0, 0.05) is 57.3 Å². The molecule has 0 bridgehead atoms. The van der Waals surface area contributed by atoms with Crippen molar-refractivity contribution in [2.75, 3.05) is 64.3 Å². The van der Waals surface area contributed by atoms with Gasteiger partial charge in [-0.3, -0.25) is 19.5 Å². The first-order valence-electron chi connectivity index (χ1n) is 10.7. The summed E-state index contributed by atoms with van der Waals surface area (Å²) in [7, 11) is -3.64. The average molecular weight is 475 g/mol. The summed E-state index contributed by atoms with van der Waals surface area (Å²) >= 11 is 0. The van der Waals surface area contributed by atoms with E-state index in [1.807, 2.05) is 4.90 Å². The zero-order valence-corrected chi connectivity index (χ0v) is 18.9. The summed E-state index contributed by atoms with van der Waals surface area (Å²) in [5.41, 5.74) is 0.724. The fraction of sp³-hybridized carbons (Fsp3) is 0.429. The minimum Gasteiger partial charge on any atom is -0.379 e. The topological polar surface area (TPSA) is 125 Å². The highest BCUT2D eigenvalue weighted by molar-refractivity contribution is 7.89. The number of rotatable bonds is 6. The number of sulfonamides is 1. The lowest BCUT2D eigenvalue weighted by Gasteiger charge is -2.34. The van der Waals surface area contributed by atoms with Gasteiger partial charge in [-0.25, -0.2) is 13.4 Å². The molecule has 0 aliphatic carbocycles. The Labute approximate surface area is 192 Å². The van der Waals surface area contributed by atoms with Crippen LogP contribution >= 0.6 is 0 Å². The van der Waals surface area contributed by atoms with Crippen LogP contribution in [0.25, 0.3) is 0 Å². The number of aromatic nitrogens is 2. The molecule has 2 aliphatic heterocycles. The number of hydrogen-bond donors (Lipinski definition) is 1.